The molecule has 2 heterocycles. The van der Waals surface area contributed by atoms with Gasteiger partial charge >= 0.3 is 0 Å². The number of nitrogens with zero attached hydrogens (tertiary/aromatic N) is 1. The van der Waals surface area contributed by atoms with Gasteiger partial charge in [-0.25, -0.2) is 4.98 Å². The lowest BCUT2D eigenvalue weighted by molar-refractivity contribution is 0.415. The van der Waals surface area contributed by atoms with E-state index in [2.05, 4.69) is 15.0 Å². The number of aromatic nitrogens is 3. The molecule has 5 rings (SSSR count). The van der Waals surface area contributed by atoms with Crippen molar-refractivity contribution in [1.82, 2.24) is 15.0 Å². The molecule has 5 nitrogen and oxygen atoms in total. The average Bonchev–Trinajstić information content (AvgIpc) is 3.16. The van der Waals surface area contributed by atoms with Crippen LogP contribution in [0, 0.1) is 0 Å². The van der Waals surface area contributed by atoms with Crippen molar-refractivity contribution in [3.05, 3.63) is 82.1 Å². The van der Waals surface area contributed by atoms with Crippen molar-refractivity contribution in [2.75, 3.05) is 7.11 Å². The van der Waals surface area contributed by atoms with Crippen LogP contribution in [-0.2, 0) is 0 Å². The Balaban J connectivity index is 1.71. The van der Waals surface area contributed by atoms with Crippen molar-refractivity contribution in [2.24, 2.45) is 0 Å². The van der Waals surface area contributed by atoms with Gasteiger partial charge in [-0.15, -0.1) is 0 Å². The maximum absolute atomic E-state index is 13.1. The maximum Gasteiger partial charge on any atom is 0.263 e. The second-order valence-electron chi connectivity index (χ2n) is 6.74. The topological polar surface area (TPSA) is 70.8 Å². The summed E-state index contributed by atoms with van der Waals surface area (Å²) < 4.78 is 5.28. The molecule has 148 valence electrons. The molecule has 0 spiro atoms. The molecule has 0 bridgehead atoms. The first-order valence-corrected chi connectivity index (χ1v) is 10.4. The van der Waals surface area contributed by atoms with Crippen LogP contribution in [0.4, 0.5) is 0 Å². The van der Waals surface area contributed by atoms with Crippen LogP contribution in [0.25, 0.3) is 33.1 Å². The van der Waals surface area contributed by atoms with Crippen molar-refractivity contribution in [2.45, 2.75) is 10.1 Å². The SMILES string of the molecule is COc1ccc2nc(Sc3c(-c4ccccc4)c4ccc(Cl)cc4[nH]c3=O)[nH]c2c1. The van der Waals surface area contributed by atoms with Crippen molar-refractivity contribution in [1.29, 1.82) is 0 Å². The van der Waals surface area contributed by atoms with Crippen LogP contribution in [0.1, 0.15) is 0 Å². The normalized spacial score (nSPS) is 11.3. The van der Waals surface area contributed by atoms with Crippen LogP contribution >= 0.6 is 23.4 Å². The maximum atomic E-state index is 13.1. The van der Waals surface area contributed by atoms with Crippen molar-refractivity contribution in [3.8, 4) is 16.9 Å². The third-order valence-corrected chi connectivity index (χ3v) is 6.08. The number of halogens is 1. The number of nitrogens with one attached hydrogen (secondary N) is 2. The quantitative estimate of drug-likeness (QED) is 0.371. The lowest BCUT2D eigenvalue weighted by Crippen LogP contribution is -2.10. The Morgan fingerprint density at radius 1 is 0.967 bits per heavy atom. The van der Waals surface area contributed by atoms with Crippen LogP contribution in [0.3, 0.4) is 0 Å². The van der Waals surface area contributed by atoms with Crippen LogP contribution in [0.15, 0.2) is 81.6 Å². The standard InChI is InChI=1S/C23H16ClN3O2S/c1-29-15-8-10-17-19(12-15)27-23(26-17)30-21-20(13-5-3-2-4-6-13)16-9-7-14(24)11-18(16)25-22(21)28/h2-12H,1H3,(H,25,28)(H,26,27). The van der Waals surface area contributed by atoms with E-state index in [1.165, 1.54) is 11.8 Å². The first-order chi connectivity index (χ1) is 14.6. The van der Waals surface area contributed by atoms with Crippen LogP contribution in [0.5, 0.6) is 5.75 Å². The Hall–Kier alpha value is -3.22. The van der Waals surface area contributed by atoms with Gasteiger partial charge in [-0.2, -0.15) is 0 Å². The Morgan fingerprint density at radius 3 is 2.60 bits per heavy atom. The van der Waals surface area contributed by atoms with E-state index < -0.39 is 0 Å². The van der Waals surface area contributed by atoms with E-state index in [0.717, 1.165) is 33.3 Å². The molecule has 3 aromatic carbocycles. The van der Waals surface area contributed by atoms with Crippen molar-refractivity contribution < 1.29 is 4.74 Å². The Labute approximate surface area is 181 Å². The molecule has 0 aliphatic heterocycles. The average molecular weight is 434 g/mol. The zero-order chi connectivity index (χ0) is 20.7. The molecule has 0 fully saturated rings. The highest BCUT2D eigenvalue weighted by atomic mass is 35.5. The van der Waals surface area contributed by atoms with Gasteiger partial charge in [0.05, 0.1) is 28.6 Å². The Bertz CT molecular complexity index is 1440. The lowest BCUT2D eigenvalue weighted by Gasteiger charge is -2.12. The number of hydrogen-bond acceptors (Lipinski definition) is 4. The van der Waals surface area contributed by atoms with Crippen LogP contribution in [0.2, 0.25) is 5.02 Å². The summed E-state index contributed by atoms with van der Waals surface area (Å²) in [6.45, 7) is 0. The van der Waals surface area contributed by atoms with E-state index in [1.807, 2.05) is 60.7 Å². The number of pyridine rings is 1. The highest BCUT2D eigenvalue weighted by molar-refractivity contribution is 7.99. The molecule has 0 aliphatic carbocycles. The number of ether oxygens (including phenoxy) is 1. The van der Waals surface area contributed by atoms with Crippen LogP contribution in [-0.4, -0.2) is 22.1 Å². The zero-order valence-corrected chi connectivity index (χ0v) is 17.5. The van der Waals surface area contributed by atoms with E-state index >= 15 is 0 Å². The first kappa shape index (κ1) is 18.8. The molecule has 0 saturated carbocycles. The van der Waals surface area contributed by atoms with Gasteiger partial charge in [0, 0.05) is 22.0 Å². The fourth-order valence-electron chi connectivity index (χ4n) is 3.48. The molecule has 30 heavy (non-hydrogen) atoms. The van der Waals surface area contributed by atoms with Gasteiger partial charge < -0.3 is 14.7 Å². The summed E-state index contributed by atoms with van der Waals surface area (Å²) >= 11 is 7.47. The summed E-state index contributed by atoms with van der Waals surface area (Å²) in [7, 11) is 1.63. The molecule has 0 unspecified atom stereocenters. The highest BCUT2D eigenvalue weighted by Crippen LogP contribution is 2.38. The molecule has 7 heteroatoms. The van der Waals surface area contributed by atoms with E-state index in [4.69, 9.17) is 16.3 Å². The molecule has 2 aromatic heterocycles. The highest BCUT2D eigenvalue weighted by Gasteiger charge is 2.18. The van der Waals surface area contributed by atoms with Crippen molar-refractivity contribution >= 4 is 45.3 Å². The summed E-state index contributed by atoms with van der Waals surface area (Å²) in [5, 5.41) is 2.13. The fourth-order valence-corrected chi connectivity index (χ4v) is 4.62. The number of imidazole rings is 1. The summed E-state index contributed by atoms with van der Waals surface area (Å²) in [5.41, 5.74) is 3.98. The van der Waals surface area contributed by atoms with Crippen molar-refractivity contribution in [3.63, 3.8) is 0 Å². The smallest absolute Gasteiger partial charge is 0.263 e. The van der Waals surface area contributed by atoms with Crippen LogP contribution < -0.4 is 10.3 Å². The fraction of sp³-hybridized carbons (Fsp3) is 0.0435. The molecular formula is C23H16ClN3O2S. The van der Waals surface area contributed by atoms with Gasteiger partial charge in [0.25, 0.3) is 5.56 Å². The predicted octanol–water partition coefficient (Wildman–Crippen LogP) is 5.88. The van der Waals surface area contributed by atoms with Gasteiger partial charge in [-0.3, -0.25) is 4.79 Å². The minimum atomic E-state index is -0.188. The summed E-state index contributed by atoms with van der Waals surface area (Å²) in [4.78, 5) is 24.5. The van der Waals surface area contributed by atoms with Gasteiger partial charge in [0.15, 0.2) is 5.16 Å². The Kier molecular flexibility index (Phi) is 4.73. The summed E-state index contributed by atoms with van der Waals surface area (Å²) in [5.74, 6) is 0.744. The third kappa shape index (κ3) is 3.34. The number of aromatic amines is 2. The zero-order valence-electron chi connectivity index (χ0n) is 15.9. The largest absolute Gasteiger partial charge is 0.497 e. The monoisotopic (exact) mass is 433 g/mol. The summed E-state index contributed by atoms with van der Waals surface area (Å²) in [6.07, 6.45) is 0. The Morgan fingerprint density at radius 2 is 1.80 bits per heavy atom. The number of rotatable bonds is 4. The molecule has 0 saturated heterocycles. The van der Waals surface area contributed by atoms with E-state index in [9.17, 15) is 4.79 Å². The van der Waals surface area contributed by atoms with Gasteiger partial charge in [-0.1, -0.05) is 48.0 Å². The number of H-pyrrole nitrogens is 2. The summed E-state index contributed by atoms with van der Waals surface area (Å²) in [6, 6.07) is 21.0. The third-order valence-electron chi connectivity index (χ3n) is 4.86. The van der Waals surface area contributed by atoms with E-state index in [1.54, 1.807) is 13.2 Å². The molecule has 5 aromatic rings. The second-order valence-corrected chi connectivity index (χ2v) is 8.18. The number of fused-ring (bicyclic) bond motifs is 2. The predicted molar refractivity (Wildman–Crippen MR) is 122 cm³/mol. The van der Waals surface area contributed by atoms with Gasteiger partial charge in [-0.05, 0) is 41.6 Å². The number of benzene rings is 3. The number of hydrogen-bond donors (Lipinski definition) is 2. The minimum absolute atomic E-state index is 0.188. The molecule has 0 amide bonds. The van der Waals surface area contributed by atoms with E-state index in [0.29, 0.717) is 20.6 Å². The molecule has 0 atom stereocenters. The van der Waals surface area contributed by atoms with Gasteiger partial charge in [0.1, 0.15) is 5.75 Å². The molecule has 2 N–H and O–H groups in total. The first-order valence-electron chi connectivity index (χ1n) is 9.25. The van der Waals surface area contributed by atoms with Gasteiger partial charge in [0.2, 0.25) is 0 Å². The lowest BCUT2D eigenvalue weighted by atomic mass is 10.0. The van der Waals surface area contributed by atoms with E-state index in [-0.39, 0.29) is 5.56 Å². The number of methoxy groups -OCH3 is 1. The second kappa shape index (κ2) is 7.55. The molecular weight excluding hydrogens is 418 g/mol. The minimum Gasteiger partial charge on any atom is -0.497 e. The molecule has 0 aliphatic rings. The molecule has 0 radical (unpaired) electrons.